The predicted molar refractivity (Wildman–Crippen MR) is 73.5 cm³/mol. The third-order valence-electron chi connectivity index (χ3n) is 4.51. The maximum atomic E-state index is 11.5. The van der Waals surface area contributed by atoms with Crippen LogP contribution in [0, 0.1) is 0 Å². The summed E-state index contributed by atoms with van der Waals surface area (Å²) in [7, 11) is 0. The van der Waals surface area contributed by atoms with E-state index in [1.54, 1.807) is 0 Å². The molecule has 2 nitrogen and oxygen atoms in total. The van der Waals surface area contributed by atoms with Crippen LogP contribution < -0.4 is 0 Å². The lowest BCUT2D eigenvalue weighted by Gasteiger charge is -2.20. The molecule has 2 saturated carbocycles. The van der Waals surface area contributed by atoms with E-state index in [0.717, 1.165) is 23.3 Å². The Morgan fingerprint density at radius 3 is 2.50 bits per heavy atom. The van der Waals surface area contributed by atoms with Crippen LogP contribution in [0.3, 0.4) is 0 Å². The number of carboxylic acid groups (broad SMARTS) is 1. The molecule has 0 spiro atoms. The molecule has 1 aromatic rings. The van der Waals surface area contributed by atoms with E-state index in [-0.39, 0.29) is 0 Å². The quantitative estimate of drug-likeness (QED) is 0.814. The Morgan fingerprint density at radius 1 is 1.28 bits per heavy atom. The molecule has 2 aliphatic carbocycles. The zero-order valence-corrected chi connectivity index (χ0v) is 11.2. The van der Waals surface area contributed by atoms with E-state index in [1.165, 1.54) is 31.2 Å². The summed E-state index contributed by atoms with van der Waals surface area (Å²) in [5.41, 5.74) is 1.72. The van der Waals surface area contributed by atoms with Gasteiger partial charge in [0.2, 0.25) is 0 Å². The zero-order chi connectivity index (χ0) is 12.8. The van der Waals surface area contributed by atoms with Crippen molar-refractivity contribution in [2.24, 2.45) is 0 Å². The van der Waals surface area contributed by atoms with Gasteiger partial charge in [-0.1, -0.05) is 18.9 Å². The summed E-state index contributed by atoms with van der Waals surface area (Å²) in [6, 6.07) is 6.02. The molecule has 0 atom stereocenters. The normalized spacial score (nSPS) is 22.1. The summed E-state index contributed by atoms with van der Waals surface area (Å²) in [5.74, 6) is -0.113. The van der Waals surface area contributed by atoms with Crippen LogP contribution in [0.25, 0.3) is 0 Å². The van der Waals surface area contributed by atoms with E-state index in [2.05, 4.69) is 18.7 Å². The minimum Gasteiger partial charge on any atom is -0.481 e. The zero-order valence-electron chi connectivity index (χ0n) is 10.4. The van der Waals surface area contributed by atoms with E-state index in [9.17, 15) is 9.90 Å². The fourth-order valence-corrected chi connectivity index (χ4v) is 3.50. The van der Waals surface area contributed by atoms with Gasteiger partial charge in [0.25, 0.3) is 0 Å². The van der Waals surface area contributed by atoms with Crippen molar-refractivity contribution in [2.75, 3.05) is 0 Å². The highest BCUT2D eigenvalue weighted by Crippen LogP contribution is 2.52. The smallest absolute Gasteiger partial charge is 0.314 e. The van der Waals surface area contributed by atoms with Crippen LogP contribution in [-0.2, 0) is 10.2 Å². The van der Waals surface area contributed by atoms with Gasteiger partial charge >= 0.3 is 5.97 Å². The van der Waals surface area contributed by atoms with E-state index in [0.29, 0.717) is 5.92 Å². The van der Waals surface area contributed by atoms with Crippen LogP contribution >= 0.6 is 12.6 Å². The number of benzene rings is 1. The van der Waals surface area contributed by atoms with Crippen molar-refractivity contribution in [3.05, 3.63) is 29.3 Å². The second kappa shape index (κ2) is 4.30. The molecule has 0 saturated heterocycles. The molecule has 0 amide bonds. The van der Waals surface area contributed by atoms with Crippen molar-refractivity contribution in [2.45, 2.75) is 54.8 Å². The summed E-state index contributed by atoms with van der Waals surface area (Å²) in [5, 5.41) is 9.47. The summed E-state index contributed by atoms with van der Waals surface area (Å²) >= 11 is 4.41. The largest absolute Gasteiger partial charge is 0.481 e. The van der Waals surface area contributed by atoms with Crippen molar-refractivity contribution in [1.29, 1.82) is 0 Å². The minimum absolute atomic E-state index is 0.545. The molecular formula is C15H18O2S. The van der Waals surface area contributed by atoms with E-state index in [1.807, 2.05) is 12.1 Å². The van der Waals surface area contributed by atoms with E-state index >= 15 is 0 Å². The average Bonchev–Trinajstić information content (AvgIpc) is 2.98. The van der Waals surface area contributed by atoms with Crippen molar-refractivity contribution in [3.63, 3.8) is 0 Å². The second-order valence-electron chi connectivity index (χ2n) is 5.64. The molecule has 2 aliphatic rings. The van der Waals surface area contributed by atoms with Gasteiger partial charge in [0.15, 0.2) is 0 Å². The maximum Gasteiger partial charge on any atom is 0.314 e. The lowest BCUT2D eigenvalue weighted by molar-refractivity contribution is -0.140. The van der Waals surface area contributed by atoms with Crippen molar-refractivity contribution < 1.29 is 9.90 Å². The van der Waals surface area contributed by atoms with Gasteiger partial charge in [0, 0.05) is 4.90 Å². The minimum atomic E-state index is -0.659. The molecule has 2 fully saturated rings. The number of hydrogen-bond donors (Lipinski definition) is 2. The Kier molecular flexibility index (Phi) is 2.89. The lowest BCUT2D eigenvalue weighted by Crippen LogP contribution is -2.22. The summed E-state index contributed by atoms with van der Waals surface area (Å²) in [6.07, 6.45) is 6.49. The predicted octanol–water partition coefficient (Wildman–Crippen LogP) is 3.75. The third-order valence-corrected chi connectivity index (χ3v) is 4.78. The average molecular weight is 262 g/mol. The van der Waals surface area contributed by atoms with Crippen LogP contribution in [0.1, 0.15) is 55.6 Å². The Labute approximate surface area is 113 Å². The number of carbonyl (C=O) groups is 1. The van der Waals surface area contributed by atoms with Gasteiger partial charge < -0.3 is 5.11 Å². The highest BCUT2D eigenvalue weighted by Gasteiger charge is 2.53. The van der Waals surface area contributed by atoms with Gasteiger partial charge in [-0.15, -0.1) is 12.6 Å². The van der Waals surface area contributed by atoms with Crippen LogP contribution in [0.2, 0.25) is 0 Å². The van der Waals surface area contributed by atoms with Crippen LogP contribution in [0.15, 0.2) is 23.1 Å². The molecule has 18 heavy (non-hydrogen) atoms. The fourth-order valence-electron chi connectivity index (χ4n) is 3.28. The molecular weight excluding hydrogens is 244 g/mol. The standard InChI is InChI=1S/C15H18O2S/c16-14(17)15(7-8-15)13-6-5-11(18)9-12(13)10-3-1-2-4-10/h5-6,9-10,18H,1-4,7-8H2,(H,16,17). The Bertz CT molecular complexity index is 485. The first-order valence-electron chi connectivity index (χ1n) is 6.70. The third kappa shape index (κ3) is 1.85. The van der Waals surface area contributed by atoms with Crippen LogP contribution in [-0.4, -0.2) is 11.1 Å². The van der Waals surface area contributed by atoms with E-state index in [4.69, 9.17) is 0 Å². The molecule has 0 aromatic heterocycles. The van der Waals surface area contributed by atoms with Gasteiger partial charge in [-0.3, -0.25) is 4.79 Å². The van der Waals surface area contributed by atoms with Gasteiger partial charge in [0.05, 0.1) is 5.41 Å². The van der Waals surface area contributed by atoms with Crippen LogP contribution in [0.4, 0.5) is 0 Å². The number of hydrogen-bond acceptors (Lipinski definition) is 2. The molecule has 3 rings (SSSR count). The molecule has 0 bridgehead atoms. The summed E-state index contributed by atoms with van der Waals surface area (Å²) < 4.78 is 0. The first-order valence-corrected chi connectivity index (χ1v) is 7.15. The first-order chi connectivity index (χ1) is 8.63. The number of thiol groups is 1. The maximum absolute atomic E-state index is 11.5. The van der Waals surface area contributed by atoms with Crippen molar-refractivity contribution in [3.8, 4) is 0 Å². The number of carboxylic acids is 1. The molecule has 0 heterocycles. The molecule has 0 radical (unpaired) electrons. The summed E-state index contributed by atoms with van der Waals surface area (Å²) in [6.45, 7) is 0. The molecule has 0 unspecified atom stereocenters. The Morgan fingerprint density at radius 2 is 1.94 bits per heavy atom. The highest BCUT2D eigenvalue weighted by molar-refractivity contribution is 7.80. The summed E-state index contributed by atoms with van der Waals surface area (Å²) in [4.78, 5) is 12.5. The molecule has 1 N–H and O–H groups in total. The molecule has 96 valence electrons. The SMILES string of the molecule is O=C(O)C1(c2ccc(S)cc2C2CCCC2)CC1. The second-order valence-corrected chi connectivity index (χ2v) is 6.16. The van der Waals surface area contributed by atoms with Crippen LogP contribution in [0.5, 0.6) is 0 Å². The molecule has 0 aliphatic heterocycles. The Balaban J connectivity index is 2.06. The Hall–Kier alpha value is -0.960. The van der Waals surface area contributed by atoms with Crippen molar-refractivity contribution in [1.82, 2.24) is 0 Å². The monoisotopic (exact) mass is 262 g/mol. The molecule has 3 heteroatoms. The topological polar surface area (TPSA) is 37.3 Å². The highest BCUT2D eigenvalue weighted by atomic mass is 32.1. The van der Waals surface area contributed by atoms with E-state index < -0.39 is 11.4 Å². The van der Waals surface area contributed by atoms with Crippen molar-refractivity contribution >= 4 is 18.6 Å². The number of rotatable bonds is 3. The number of aliphatic carboxylic acids is 1. The van der Waals surface area contributed by atoms with Gasteiger partial charge in [-0.2, -0.15) is 0 Å². The van der Waals surface area contributed by atoms with Gasteiger partial charge in [-0.25, -0.2) is 0 Å². The fraction of sp³-hybridized carbons (Fsp3) is 0.533. The van der Waals surface area contributed by atoms with Gasteiger partial charge in [0.1, 0.15) is 0 Å². The van der Waals surface area contributed by atoms with Gasteiger partial charge in [-0.05, 0) is 54.9 Å². The lowest BCUT2D eigenvalue weighted by atomic mass is 9.84. The molecule has 1 aromatic carbocycles. The first kappa shape index (κ1) is 12.1.